The summed E-state index contributed by atoms with van der Waals surface area (Å²) in [5, 5.41) is 0. The van der Waals surface area contributed by atoms with Crippen LogP contribution in [0.5, 0.6) is 0 Å². The first-order chi connectivity index (χ1) is 11.9. The van der Waals surface area contributed by atoms with Gasteiger partial charge in [0.2, 0.25) is 0 Å². The van der Waals surface area contributed by atoms with Gasteiger partial charge in [0.25, 0.3) is 0 Å². The van der Waals surface area contributed by atoms with Crippen molar-refractivity contribution in [1.82, 2.24) is 0 Å². The van der Waals surface area contributed by atoms with Crippen molar-refractivity contribution in [2.75, 3.05) is 0 Å². The molecule has 1 aromatic heterocycles. The molecule has 0 amide bonds. The predicted molar refractivity (Wildman–Crippen MR) is 107 cm³/mol. The molecular weight excluding hydrogens is 330 g/mol. The minimum Gasteiger partial charge on any atom is -0.468 e. The topological polar surface area (TPSA) is 39.2 Å². The van der Waals surface area contributed by atoms with E-state index in [1.54, 1.807) is 6.26 Å². The summed E-state index contributed by atoms with van der Waals surface area (Å²) in [6.45, 7) is 0.470. The fourth-order valence-electron chi connectivity index (χ4n) is 2.95. The molecular formula is C22H24ClNO. The Hall–Kier alpha value is -2.29. The molecule has 3 aromatic rings. The van der Waals surface area contributed by atoms with Crippen molar-refractivity contribution in [2.45, 2.75) is 25.8 Å². The van der Waals surface area contributed by atoms with E-state index in [0.29, 0.717) is 6.54 Å². The number of halogens is 1. The van der Waals surface area contributed by atoms with E-state index in [-0.39, 0.29) is 12.4 Å². The summed E-state index contributed by atoms with van der Waals surface area (Å²) in [6, 6.07) is 23.2. The number of aryl methyl sites for hydroxylation is 1. The lowest BCUT2D eigenvalue weighted by Crippen LogP contribution is -1.98. The molecule has 0 aliphatic heterocycles. The normalized spacial score (nSPS) is 10.1. The molecule has 3 rings (SSSR count). The molecule has 0 saturated carbocycles. The Morgan fingerprint density at radius 2 is 1.48 bits per heavy atom. The summed E-state index contributed by atoms with van der Waals surface area (Å²) in [5.41, 5.74) is 10.7. The number of hydrogen-bond donors (Lipinski definition) is 1. The first kappa shape index (κ1) is 19.0. The summed E-state index contributed by atoms with van der Waals surface area (Å²) in [4.78, 5) is 0. The van der Waals surface area contributed by atoms with Gasteiger partial charge in [-0.05, 0) is 47.6 Å². The van der Waals surface area contributed by atoms with Gasteiger partial charge >= 0.3 is 0 Å². The molecule has 1 heterocycles. The lowest BCUT2D eigenvalue weighted by molar-refractivity contribution is 0.506. The van der Waals surface area contributed by atoms with E-state index in [4.69, 9.17) is 10.2 Å². The molecule has 0 aliphatic rings. The monoisotopic (exact) mass is 353 g/mol. The summed E-state index contributed by atoms with van der Waals surface area (Å²) in [6.07, 6.45) is 7.17. The highest BCUT2D eigenvalue weighted by Gasteiger charge is 2.06. The lowest BCUT2D eigenvalue weighted by atomic mass is 9.96. The molecule has 0 saturated heterocycles. The van der Waals surface area contributed by atoms with Crippen molar-refractivity contribution in [2.24, 2.45) is 5.73 Å². The van der Waals surface area contributed by atoms with Gasteiger partial charge in [-0.1, -0.05) is 66.7 Å². The fourth-order valence-corrected chi connectivity index (χ4v) is 2.95. The quantitative estimate of drug-likeness (QED) is 0.560. The average Bonchev–Trinajstić information content (AvgIpc) is 3.11. The molecule has 0 aliphatic carbocycles. The highest BCUT2D eigenvalue weighted by molar-refractivity contribution is 5.85. The Kier molecular flexibility index (Phi) is 7.52. The van der Waals surface area contributed by atoms with Gasteiger partial charge in [0.05, 0.1) is 12.8 Å². The minimum atomic E-state index is 0. The molecule has 0 atom stereocenters. The highest BCUT2D eigenvalue weighted by Crippen LogP contribution is 2.24. The minimum absolute atomic E-state index is 0. The second kappa shape index (κ2) is 9.87. The van der Waals surface area contributed by atoms with E-state index in [2.05, 4.69) is 66.7 Å². The maximum absolute atomic E-state index is 5.69. The number of hydrogen-bond acceptors (Lipinski definition) is 2. The average molecular weight is 354 g/mol. The number of allylic oxidation sites excluding steroid dienone is 1. The number of rotatable bonds is 7. The standard InChI is InChI=1S/C22H23NO.ClH/c23-17-22-20(15-16-24-22)13-7-8-14-21(18-9-3-1-4-10-18)19-11-5-2-6-12-19;/h1-6,9-12,14-16H,7-8,13,17,23H2;1H. The summed E-state index contributed by atoms with van der Waals surface area (Å²) in [7, 11) is 0. The largest absolute Gasteiger partial charge is 0.468 e. The maximum Gasteiger partial charge on any atom is 0.120 e. The maximum atomic E-state index is 5.69. The third-order valence-electron chi connectivity index (χ3n) is 4.19. The molecule has 2 aromatic carbocycles. The third-order valence-corrected chi connectivity index (χ3v) is 4.19. The van der Waals surface area contributed by atoms with Crippen molar-refractivity contribution in [1.29, 1.82) is 0 Å². The number of furan rings is 1. The third kappa shape index (κ3) is 5.09. The van der Waals surface area contributed by atoms with Crippen molar-refractivity contribution in [3.8, 4) is 0 Å². The molecule has 0 unspecified atom stereocenters. The van der Waals surface area contributed by atoms with Crippen LogP contribution in [0.15, 0.2) is 83.5 Å². The second-order valence-corrected chi connectivity index (χ2v) is 5.82. The molecule has 2 nitrogen and oxygen atoms in total. The van der Waals surface area contributed by atoms with Crippen LogP contribution in [0.1, 0.15) is 35.3 Å². The van der Waals surface area contributed by atoms with Crippen molar-refractivity contribution in [3.63, 3.8) is 0 Å². The highest BCUT2D eigenvalue weighted by atomic mass is 35.5. The van der Waals surface area contributed by atoms with Gasteiger partial charge in [-0.25, -0.2) is 0 Å². The zero-order chi connectivity index (χ0) is 16.6. The summed E-state index contributed by atoms with van der Waals surface area (Å²) in [5.74, 6) is 0.908. The Morgan fingerprint density at radius 1 is 0.880 bits per heavy atom. The Bertz CT molecular complexity index is 737. The van der Waals surface area contributed by atoms with Crippen LogP contribution in [0.25, 0.3) is 5.57 Å². The van der Waals surface area contributed by atoms with Crippen LogP contribution < -0.4 is 5.73 Å². The van der Waals surface area contributed by atoms with E-state index in [1.165, 1.54) is 22.3 Å². The van der Waals surface area contributed by atoms with Crippen LogP contribution in [0.3, 0.4) is 0 Å². The first-order valence-corrected chi connectivity index (χ1v) is 8.45. The van der Waals surface area contributed by atoms with Crippen LogP contribution in [0.2, 0.25) is 0 Å². The zero-order valence-electron chi connectivity index (χ0n) is 14.2. The smallest absolute Gasteiger partial charge is 0.120 e. The molecule has 25 heavy (non-hydrogen) atoms. The van der Waals surface area contributed by atoms with Gasteiger partial charge in [0.15, 0.2) is 0 Å². The lowest BCUT2D eigenvalue weighted by Gasteiger charge is -2.09. The van der Waals surface area contributed by atoms with Gasteiger partial charge in [-0.15, -0.1) is 12.4 Å². The van der Waals surface area contributed by atoms with Crippen LogP contribution >= 0.6 is 12.4 Å². The van der Waals surface area contributed by atoms with Crippen molar-refractivity contribution >= 4 is 18.0 Å². The van der Waals surface area contributed by atoms with Gasteiger partial charge in [-0.3, -0.25) is 0 Å². The van der Waals surface area contributed by atoms with E-state index >= 15 is 0 Å². The van der Waals surface area contributed by atoms with Crippen LogP contribution in [0.4, 0.5) is 0 Å². The molecule has 2 N–H and O–H groups in total. The van der Waals surface area contributed by atoms with Crippen molar-refractivity contribution < 1.29 is 4.42 Å². The van der Waals surface area contributed by atoms with Crippen LogP contribution in [-0.2, 0) is 13.0 Å². The Morgan fingerprint density at radius 3 is 2.04 bits per heavy atom. The van der Waals surface area contributed by atoms with E-state index in [9.17, 15) is 0 Å². The SMILES string of the molecule is Cl.NCc1occc1CCCC=C(c1ccccc1)c1ccccc1. The number of unbranched alkanes of at least 4 members (excludes halogenated alkanes) is 1. The van der Waals surface area contributed by atoms with E-state index in [1.807, 2.05) is 6.07 Å². The summed E-state index contributed by atoms with van der Waals surface area (Å²) < 4.78 is 5.39. The van der Waals surface area contributed by atoms with Gasteiger partial charge in [0, 0.05) is 0 Å². The van der Waals surface area contributed by atoms with E-state index < -0.39 is 0 Å². The predicted octanol–water partition coefficient (Wildman–Crippen LogP) is 5.61. The van der Waals surface area contributed by atoms with Gasteiger partial charge < -0.3 is 10.2 Å². The zero-order valence-corrected chi connectivity index (χ0v) is 15.0. The molecule has 0 radical (unpaired) electrons. The van der Waals surface area contributed by atoms with Gasteiger partial charge in [-0.2, -0.15) is 0 Å². The molecule has 130 valence electrons. The molecule has 3 heteroatoms. The number of benzene rings is 2. The number of nitrogens with two attached hydrogens (primary N) is 1. The molecule has 0 spiro atoms. The van der Waals surface area contributed by atoms with Crippen molar-refractivity contribution in [3.05, 3.63) is 102 Å². The van der Waals surface area contributed by atoms with Crippen LogP contribution in [-0.4, -0.2) is 0 Å². The molecule has 0 bridgehead atoms. The van der Waals surface area contributed by atoms with Crippen LogP contribution in [0, 0.1) is 0 Å². The van der Waals surface area contributed by atoms with Gasteiger partial charge in [0.1, 0.15) is 5.76 Å². The summed E-state index contributed by atoms with van der Waals surface area (Å²) >= 11 is 0. The fraction of sp³-hybridized carbons (Fsp3) is 0.182. The first-order valence-electron chi connectivity index (χ1n) is 8.45. The van der Waals surface area contributed by atoms with E-state index in [0.717, 1.165) is 25.0 Å². The molecule has 0 fully saturated rings. The second-order valence-electron chi connectivity index (χ2n) is 5.82. The Labute approximate surface area is 155 Å². The Balaban J connectivity index is 0.00000225.